The number of nitro groups is 1. The molecule has 88 valence electrons. The van der Waals surface area contributed by atoms with E-state index in [9.17, 15) is 10.1 Å². The Kier molecular flexibility index (Phi) is 4.19. The largest absolute Gasteiger partial charge is 0.395 e. The molecule has 0 aromatic carbocycles. The zero-order chi connectivity index (χ0) is 12.1. The van der Waals surface area contributed by atoms with Gasteiger partial charge in [0.15, 0.2) is 0 Å². The average molecular weight is 225 g/mol. The quantitative estimate of drug-likeness (QED) is 0.600. The fourth-order valence-corrected chi connectivity index (χ4v) is 1.46. The van der Waals surface area contributed by atoms with E-state index in [1.807, 2.05) is 11.8 Å². The fraction of sp³-hybridized carbons (Fsp3) is 0.500. The molecule has 0 aliphatic rings. The molecule has 1 heterocycles. The number of rotatable bonds is 5. The Hall–Kier alpha value is -1.69. The molecule has 6 nitrogen and oxygen atoms in total. The number of hydrogen-bond acceptors (Lipinski definition) is 5. The Labute approximate surface area is 93.7 Å². The first-order valence-electron chi connectivity index (χ1n) is 5.08. The van der Waals surface area contributed by atoms with Gasteiger partial charge in [0.05, 0.1) is 11.5 Å². The minimum Gasteiger partial charge on any atom is -0.395 e. The molecular formula is C10H15N3O3. The van der Waals surface area contributed by atoms with E-state index in [2.05, 4.69) is 4.98 Å². The number of nitrogens with zero attached hydrogens (tertiary/aromatic N) is 3. The van der Waals surface area contributed by atoms with Crippen LogP contribution in [0.4, 0.5) is 11.5 Å². The van der Waals surface area contributed by atoms with Gasteiger partial charge in [0.2, 0.25) is 0 Å². The second-order valence-corrected chi connectivity index (χ2v) is 3.33. The van der Waals surface area contributed by atoms with Gasteiger partial charge in [0.25, 0.3) is 5.69 Å². The van der Waals surface area contributed by atoms with Crippen LogP contribution in [-0.2, 0) is 0 Å². The lowest BCUT2D eigenvalue weighted by molar-refractivity contribution is -0.385. The van der Waals surface area contributed by atoms with Gasteiger partial charge in [-0.3, -0.25) is 10.1 Å². The molecule has 6 heteroatoms. The van der Waals surface area contributed by atoms with Crippen LogP contribution >= 0.6 is 0 Å². The standard InChI is InChI=1S/C10H15N3O3/c1-3-12(6-7-14)10-5-4-9(13(15)16)8(2)11-10/h4-5,14H,3,6-7H2,1-2H3. The maximum Gasteiger partial charge on any atom is 0.290 e. The Morgan fingerprint density at radius 1 is 1.56 bits per heavy atom. The van der Waals surface area contributed by atoms with Crippen molar-refractivity contribution in [3.05, 3.63) is 27.9 Å². The molecule has 0 atom stereocenters. The van der Waals surface area contributed by atoms with E-state index >= 15 is 0 Å². The maximum atomic E-state index is 10.6. The van der Waals surface area contributed by atoms with E-state index in [1.165, 1.54) is 6.07 Å². The monoisotopic (exact) mass is 225 g/mol. The molecule has 0 aliphatic carbocycles. The van der Waals surface area contributed by atoms with Crippen molar-refractivity contribution in [2.24, 2.45) is 0 Å². The molecule has 0 fully saturated rings. The SMILES string of the molecule is CCN(CCO)c1ccc([N+](=O)[O-])c(C)n1. The van der Waals surface area contributed by atoms with Crippen molar-refractivity contribution in [1.29, 1.82) is 0 Å². The van der Waals surface area contributed by atoms with Crippen LogP contribution in [0.2, 0.25) is 0 Å². The molecule has 1 aromatic rings. The van der Waals surface area contributed by atoms with Crippen molar-refractivity contribution in [2.75, 3.05) is 24.6 Å². The van der Waals surface area contributed by atoms with Crippen LogP contribution in [0.5, 0.6) is 0 Å². The minimum atomic E-state index is -0.450. The minimum absolute atomic E-state index is 0.0174. The lowest BCUT2D eigenvalue weighted by atomic mass is 10.3. The first-order valence-corrected chi connectivity index (χ1v) is 5.08. The Bertz CT molecular complexity index is 382. The van der Waals surface area contributed by atoms with Crippen molar-refractivity contribution in [1.82, 2.24) is 4.98 Å². The summed E-state index contributed by atoms with van der Waals surface area (Å²) in [5, 5.41) is 19.5. The van der Waals surface area contributed by atoms with Crippen molar-refractivity contribution in [3.8, 4) is 0 Å². The Balaban J connectivity index is 2.99. The van der Waals surface area contributed by atoms with Crippen molar-refractivity contribution in [2.45, 2.75) is 13.8 Å². The highest BCUT2D eigenvalue weighted by Crippen LogP contribution is 2.19. The predicted octanol–water partition coefficient (Wildman–Crippen LogP) is 1.12. The highest BCUT2D eigenvalue weighted by molar-refractivity contribution is 5.46. The van der Waals surface area contributed by atoms with Gasteiger partial charge in [0.1, 0.15) is 11.5 Å². The number of aromatic nitrogens is 1. The van der Waals surface area contributed by atoms with E-state index in [4.69, 9.17) is 5.11 Å². The smallest absolute Gasteiger partial charge is 0.290 e. The first kappa shape index (κ1) is 12.4. The van der Waals surface area contributed by atoms with Crippen LogP contribution in [0.15, 0.2) is 12.1 Å². The predicted molar refractivity (Wildman–Crippen MR) is 60.6 cm³/mol. The van der Waals surface area contributed by atoms with Crippen molar-refractivity contribution in [3.63, 3.8) is 0 Å². The highest BCUT2D eigenvalue weighted by atomic mass is 16.6. The van der Waals surface area contributed by atoms with Crippen LogP contribution in [-0.4, -0.2) is 34.7 Å². The third-order valence-electron chi connectivity index (χ3n) is 2.32. The van der Waals surface area contributed by atoms with E-state index in [0.29, 0.717) is 24.6 Å². The molecule has 1 rings (SSSR count). The second-order valence-electron chi connectivity index (χ2n) is 3.33. The maximum absolute atomic E-state index is 10.6. The molecule has 0 radical (unpaired) electrons. The molecule has 0 saturated heterocycles. The van der Waals surface area contributed by atoms with Gasteiger partial charge >= 0.3 is 0 Å². The van der Waals surface area contributed by atoms with Crippen LogP contribution in [0.1, 0.15) is 12.6 Å². The van der Waals surface area contributed by atoms with Crippen LogP contribution in [0.25, 0.3) is 0 Å². The lowest BCUT2D eigenvalue weighted by Gasteiger charge is -2.20. The molecule has 0 aliphatic heterocycles. The van der Waals surface area contributed by atoms with Gasteiger partial charge < -0.3 is 10.0 Å². The molecule has 16 heavy (non-hydrogen) atoms. The summed E-state index contributed by atoms with van der Waals surface area (Å²) in [6.07, 6.45) is 0. The van der Waals surface area contributed by atoms with Crippen LogP contribution in [0, 0.1) is 17.0 Å². The summed E-state index contributed by atoms with van der Waals surface area (Å²) in [4.78, 5) is 16.2. The second kappa shape index (κ2) is 5.41. The van der Waals surface area contributed by atoms with E-state index in [1.54, 1.807) is 13.0 Å². The summed E-state index contributed by atoms with van der Waals surface area (Å²) in [7, 11) is 0. The summed E-state index contributed by atoms with van der Waals surface area (Å²) in [6, 6.07) is 3.04. The van der Waals surface area contributed by atoms with Crippen LogP contribution in [0.3, 0.4) is 0 Å². The van der Waals surface area contributed by atoms with Gasteiger partial charge in [0, 0.05) is 19.2 Å². The molecule has 0 unspecified atom stereocenters. The number of aliphatic hydroxyl groups excluding tert-OH is 1. The normalized spacial score (nSPS) is 10.2. The molecule has 1 N–H and O–H groups in total. The van der Waals surface area contributed by atoms with Crippen molar-refractivity contribution >= 4 is 11.5 Å². The fourth-order valence-electron chi connectivity index (χ4n) is 1.46. The number of aliphatic hydroxyl groups is 1. The molecule has 0 bridgehead atoms. The number of pyridine rings is 1. The summed E-state index contributed by atoms with van der Waals surface area (Å²) in [5.41, 5.74) is 0.405. The summed E-state index contributed by atoms with van der Waals surface area (Å²) in [6.45, 7) is 4.75. The van der Waals surface area contributed by atoms with Gasteiger partial charge in [-0.05, 0) is 19.9 Å². The van der Waals surface area contributed by atoms with Crippen LogP contribution < -0.4 is 4.90 Å². The Morgan fingerprint density at radius 3 is 2.69 bits per heavy atom. The summed E-state index contributed by atoms with van der Waals surface area (Å²) in [5.74, 6) is 0.652. The number of likely N-dealkylation sites (N-methyl/N-ethyl adjacent to an activating group) is 1. The zero-order valence-corrected chi connectivity index (χ0v) is 9.38. The van der Waals surface area contributed by atoms with Gasteiger partial charge in [-0.15, -0.1) is 0 Å². The topological polar surface area (TPSA) is 79.5 Å². The first-order chi connectivity index (χ1) is 7.60. The van der Waals surface area contributed by atoms with Gasteiger partial charge in [-0.2, -0.15) is 0 Å². The van der Waals surface area contributed by atoms with Gasteiger partial charge in [-0.25, -0.2) is 4.98 Å². The summed E-state index contributed by atoms with van der Waals surface area (Å²) < 4.78 is 0. The van der Waals surface area contributed by atoms with E-state index in [0.717, 1.165) is 0 Å². The summed E-state index contributed by atoms with van der Waals surface area (Å²) >= 11 is 0. The van der Waals surface area contributed by atoms with E-state index in [-0.39, 0.29) is 12.3 Å². The van der Waals surface area contributed by atoms with Crippen molar-refractivity contribution < 1.29 is 10.0 Å². The zero-order valence-electron chi connectivity index (χ0n) is 9.38. The number of aryl methyl sites for hydroxylation is 1. The molecule has 0 saturated carbocycles. The highest BCUT2D eigenvalue weighted by Gasteiger charge is 2.14. The average Bonchev–Trinajstić information content (AvgIpc) is 2.25. The molecular weight excluding hydrogens is 210 g/mol. The number of anilines is 1. The molecule has 0 spiro atoms. The number of hydrogen-bond donors (Lipinski definition) is 1. The Morgan fingerprint density at radius 2 is 2.25 bits per heavy atom. The lowest BCUT2D eigenvalue weighted by Crippen LogP contribution is -2.27. The third kappa shape index (κ3) is 2.66. The third-order valence-corrected chi connectivity index (χ3v) is 2.32. The van der Waals surface area contributed by atoms with E-state index < -0.39 is 4.92 Å². The molecule has 1 aromatic heterocycles. The molecule has 0 amide bonds. The van der Waals surface area contributed by atoms with Gasteiger partial charge in [-0.1, -0.05) is 0 Å².